The summed E-state index contributed by atoms with van der Waals surface area (Å²) in [5.74, 6) is -0.664. The lowest BCUT2D eigenvalue weighted by Gasteiger charge is -2.09. The molecule has 4 rings (SSSR count). The number of aromatic nitrogens is 2. The molecule has 0 fully saturated rings. The molecule has 0 radical (unpaired) electrons. The van der Waals surface area contributed by atoms with Crippen molar-refractivity contribution in [2.75, 3.05) is 0 Å². The molecule has 7 heteroatoms. The second kappa shape index (κ2) is 6.25. The molecule has 2 heterocycles. The van der Waals surface area contributed by atoms with Crippen LogP contribution in [-0.4, -0.2) is 15.7 Å². The molecular formula is C19H16N2O5. The Morgan fingerprint density at radius 1 is 1.19 bits per heavy atom. The van der Waals surface area contributed by atoms with Crippen LogP contribution in [0.5, 0.6) is 0 Å². The van der Waals surface area contributed by atoms with Gasteiger partial charge >= 0.3 is 11.6 Å². The highest BCUT2D eigenvalue weighted by molar-refractivity contribution is 5.87. The first-order valence-electron chi connectivity index (χ1n) is 8.31. The summed E-state index contributed by atoms with van der Waals surface area (Å²) < 4.78 is 11.7. The van der Waals surface area contributed by atoms with Crippen LogP contribution in [0.4, 0.5) is 0 Å². The van der Waals surface area contributed by atoms with Crippen molar-refractivity contribution in [2.24, 2.45) is 7.05 Å². The minimum atomic E-state index is -0.664. The summed E-state index contributed by atoms with van der Waals surface area (Å²) in [4.78, 5) is 35.4. The number of hydrogen-bond acceptors (Lipinski definition) is 6. The van der Waals surface area contributed by atoms with Gasteiger partial charge in [-0.05, 0) is 48.6 Å². The van der Waals surface area contributed by atoms with Gasteiger partial charge in [-0.25, -0.2) is 14.3 Å². The lowest BCUT2D eigenvalue weighted by Crippen LogP contribution is -2.21. The highest BCUT2D eigenvalue weighted by Crippen LogP contribution is 2.28. The predicted molar refractivity (Wildman–Crippen MR) is 93.1 cm³/mol. The molecule has 0 saturated heterocycles. The van der Waals surface area contributed by atoms with Crippen molar-refractivity contribution in [1.29, 1.82) is 0 Å². The van der Waals surface area contributed by atoms with Crippen molar-refractivity contribution < 1.29 is 13.9 Å². The van der Waals surface area contributed by atoms with Crippen molar-refractivity contribution >= 4 is 16.9 Å². The molecule has 7 nitrogen and oxygen atoms in total. The number of nitrogens with zero attached hydrogens (tertiary/aromatic N) is 2. The fourth-order valence-electron chi connectivity index (χ4n) is 3.24. The maximum Gasteiger partial charge on any atom is 0.359 e. The Hall–Kier alpha value is -3.22. The van der Waals surface area contributed by atoms with Gasteiger partial charge in [-0.2, -0.15) is 5.10 Å². The van der Waals surface area contributed by atoms with Crippen molar-refractivity contribution in [3.63, 3.8) is 0 Å². The van der Waals surface area contributed by atoms with Gasteiger partial charge in [0.25, 0.3) is 5.56 Å². The third-order valence-corrected chi connectivity index (χ3v) is 4.57. The topological polar surface area (TPSA) is 91.4 Å². The molecule has 0 amide bonds. The zero-order chi connectivity index (χ0) is 18.3. The summed E-state index contributed by atoms with van der Waals surface area (Å²) in [5, 5.41) is 4.63. The van der Waals surface area contributed by atoms with Crippen molar-refractivity contribution in [3.05, 3.63) is 73.5 Å². The smallest absolute Gasteiger partial charge is 0.359 e. The number of carbonyl (C=O) groups is 1. The first-order chi connectivity index (χ1) is 12.5. The molecule has 2 aromatic heterocycles. The first kappa shape index (κ1) is 16.3. The lowest BCUT2D eigenvalue weighted by atomic mass is 10.0. The minimum absolute atomic E-state index is 0.0280. The summed E-state index contributed by atoms with van der Waals surface area (Å²) in [7, 11) is 1.45. The molecule has 0 unspecified atom stereocenters. The lowest BCUT2D eigenvalue weighted by molar-refractivity contribution is 0.0464. The van der Waals surface area contributed by atoms with Crippen LogP contribution in [0, 0.1) is 0 Å². The molecule has 132 valence electrons. The number of aryl methyl sites for hydroxylation is 3. The van der Waals surface area contributed by atoms with E-state index in [9.17, 15) is 14.4 Å². The van der Waals surface area contributed by atoms with Crippen molar-refractivity contribution in [1.82, 2.24) is 9.78 Å². The van der Waals surface area contributed by atoms with E-state index in [1.807, 2.05) is 12.1 Å². The van der Waals surface area contributed by atoms with E-state index in [2.05, 4.69) is 5.10 Å². The van der Waals surface area contributed by atoms with E-state index in [1.165, 1.54) is 36.4 Å². The van der Waals surface area contributed by atoms with Gasteiger partial charge in [0.2, 0.25) is 0 Å². The monoisotopic (exact) mass is 352 g/mol. The van der Waals surface area contributed by atoms with Crippen LogP contribution in [0.2, 0.25) is 0 Å². The van der Waals surface area contributed by atoms with Gasteiger partial charge in [0.05, 0.1) is 0 Å². The Labute approximate surface area is 147 Å². The summed E-state index contributed by atoms with van der Waals surface area (Å²) in [6, 6.07) is 7.81. The van der Waals surface area contributed by atoms with E-state index in [4.69, 9.17) is 9.15 Å². The Balaban J connectivity index is 1.64. The zero-order valence-corrected chi connectivity index (χ0v) is 14.2. The van der Waals surface area contributed by atoms with Crippen LogP contribution >= 0.6 is 0 Å². The first-order valence-corrected chi connectivity index (χ1v) is 8.31. The molecule has 3 aromatic rings. The van der Waals surface area contributed by atoms with Crippen LogP contribution in [0.1, 0.15) is 33.6 Å². The molecule has 0 bridgehead atoms. The van der Waals surface area contributed by atoms with Gasteiger partial charge in [-0.1, -0.05) is 0 Å². The highest BCUT2D eigenvalue weighted by Gasteiger charge is 2.17. The van der Waals surface area contributed by atoms with Gasteiger partial charge in [-0.15, -0.1) is 0 Å². The predicted octanol–water partition coefficient (Wildman–Crippen LogP) is 1.73. The molecule has 1 aliphatic rings. The summed E-state index contributed by atoms with van der Waals surface area (Å²) >= 11 is 0. The third kappa shape index (κ3) is 2.92. The highest BCUT2D eigenvalue weighted by atomic mass is 16.5. The number of hydrogen-bond donors (Lipinski definition) is 0. The molecule has 0 saturated carbocycles. The molecule has 0 aliphatic heterocycles. The number of ether oxygens (including phenoxy) is 1. The molecule has 26 heavy (non-hydrogen) atoms. The average molecular weight is 352 g/mol. The SMILES string of the molecule is Cn1nc(C(=O)OCc2cc(=O)oc3cc4c(cc23)CCC4)ccc1=O. The maximum absolute atomic E-state index is 12.2. The van der Waals surface area contributed by atoms with Gasteiger partial charge in [0.15, 0.2) is 5.69 Å². The molecular weight excluding hydrogens is 336 g/mol. The van der Waals surface area contributed by atoms with Crippen LogP contribution in [0.25, 0.3) is 11.0 Å². The van der Waals surface area contributed by atoms with Crippen molar-refractivity contribution in [3.8, 4) is 0 Å². The number of rotatable bonds is 3. The molecule has 0 atom stereocenters. The van der Waals surface area contributed by atoms with Gasteiger partial charge in [0, 0.05) is 30.1 Å². The van der Waals surface area contributed by atoms with Gasteiger partial charge < -0.3 is 9.15 Å². The number of esters is 1. The van der Waals surface area contributed by atoms with E-state index in [-0.39, 0.29) is 17.9 Å². The van der Waals surface area contributed by atoms with E-state index >= 15 is 0 Å². The van der Waals surface area contributed by atoms with E-state index < -0.39 is 11.6 Å². The number of benzene rings is 1. The van der Waals surface area contributed by atoms with Gasteiger partial charge in [-0.3, -0.25) is 4.79 Å². The number of fused-ring (bicyclic) bond motifs is 2. The second-order valence-electron chi connectivity index (χ2n) is 6.32. The molecule has 0 spiro atoms. The van der Waals surface area contributed by atoms with Crippen LogP contribution in [0.3, 0.4) is 0 Å². The third-order valence-electron chi connectivity index (χ3n) is 4.57. The normalized spacial score (nSPS) is 13.0. The number of carbonyl (C=O) groups excluding carboxylic acids is 1. The fraction of sp³-hybridized carbons (Fsp3) is 0.263. The summed E-state index contributed by atoms with van der Waals surface area (Å²) in [6.45, 7) is -0.0791. The van der Waals surface area contributed by atoms with Crippen LogP contribution in [0.15, 0.2) is 44.3 Å². The van der Waals surface area contributed by atoms with E-state index in [1.54, 1.807) is 0 Å². The molecule has 1 aromatic carbocycles. The molecule has 0 N–H and O–H groups in total. The fourth-order valence-corrected chi connectivity index (χ4v) is 3.24. The average Bonchev–Trinajstić information content (AvgIpc) is 3.07. The van der Waals surface area contributed by atoms with Gasteiger partial charge in [0.1, 0.15) is 12.2 Å². The second-order valence-corrected chi connectivity index (χ2v) is 6.32. The van der Waals surface area contributed by atoms with Crippen LogP contribution in [-0.2, 0) is 31.2 Å². The summed E-state index contributed by atoms with van der Waals surface area (Å²) in [6.07, 6.45) is 3.05. The standard InChI is InChI=1S/C19H16N2O5/c1-21-17(22)6-5-15(20-21)19(24)25-10-13-9-18(23)26-16-8-12-4-2-3-11(12)7-14(13)16/h5-9H,2-4,10H2,1H3. The minimum Gasteiger partial charge on any atom is -0.456 e. The van der Waals surface area contributed by atoms with Crippen molar-refractivity contribution in [2.45, 2.75) is 25.9 Å². The Morgan fingerprint density at radius 3 is 2.73 bits per heavy atom. The Morgan fingerprint density at radius 2 is 1.96 bits per heavy atom. The summed E-state index contributed by atoms with van der Waals surface area (Å²) in [5.41, 5.74) is 2.75. The maximum atomic E-state index is 12.2. The quantitative estimate of drug-likeness (QED) is 0.527. The molecule has 1 aliphatic carbocycles. The Kier molecular flexibility index (Phi) is 3.91. The Bertz CT molecular complexity index is 1140. The van der Waals surface area contributed by atoms with Crippen LogP contribution < -0.4 is 11.2 Å². The zero-order valence-electron chi connectivity index (χ0n) is 14.2. The van der Waals surface area contributed by atoms with E-state index in [0.717, 1.165) is 29.3 Å². The van der Waals surface area contributed by atoms with E-state index in [0.29, 0.717) is 11.1 Å². The largest absolute Gasteiger partial charge is 0.456 e.